The van der Waals surface area contributed by atoms with Crippen LogP contribution in [0, 0.1) is 0 Å². The molecule has 0 atom stereocenters. The Kier molecular flexibility index (Phi) is 4.93. The number of nitrogens with zero attached hydrogens (tertiary/aromatic N) is 4. The third kappa shape index (κ3) is 4.04. The molecule has 0 bridgehead atoms. The maximum absolute atomic E-state index is 12.2. The van der Waals surface area contributed by atoms with Gasteiger partial charge in [0.15, 0.2) is 0 Å². The van der Waals surface area contributed by atoms with Gasteiger partial charge in [-0.2, -0.15) is 0 Å². The zero-order valence-corrected chi connectivity index (χ0v) is 11.8. The minimum Gasteiger partial charge on any atom is -0.337 e. The van der Waals surface area contributed by atoms with Crippen molar-refractivity contribution in [3.8, 4) is 0 Å². The summed E-state index contributed by atoms with van der Waals surface area (Å²) in [5, 5.41) is 3.34. The van der Waals surface area contributed by atoms with Gasteiger partial charge in [0.05, 0.1) is 13.1 Å². The summed E-state index contributed by atoms with van der Waals surface area (Å²) in [7, 11) is 3.79. The number of likely N-dealkylation sites (N-methyl/N-ethyl adjacent to an activating group) is 1. The van der Waals surface area contributed by atoms with Crippen molar-refractivity contribution in [3.63, 3.8) is 0 Å². The number of hydrogen-bond acceptors (Lipinski definition) is 4. The van der Waals surface area contributed by atoms with E-state index in [1.165, 1.54) is 0 Å². The van der Waals surface area contributed by atoms with Gasteiger partial charge in [0, 0.05) is 39.6 Å². The van der Waals surface area contributed by atoms with Crippen molar-refractivity contribution in [1.82, 2.24) is 24.7 Å². The average Bonchev–Trinajstić information content (AvgIpc) is 2.65. The summed E-state index contributed by atoms with van der Waals surface area (Å²) in [6, 6.07) is 0. The summed E-state index contributed by atoms with van der Waals surface area (Å²) in [5.74, 6) is 1.07. The molecule has 6 heteroatoms. The fourth-order valence-electron chi connectivity index (χ4n) is 2.22. The molecule has 1 aliphatic heterocycles. The molecule has 1 N–H and O–H groups in total. The van der Waals surface area contributed by atoms with Crippen LogP contribution < -0.4 is 5.32 Å². The second-order valence-corrected chi connectivity index (χ2v) is 5.08. The van der Waals surface area contributed by atoms with Crippen molar-refractivity contribution in [2.45, 2.75) is 13.0 Å². The van der Waals surface area contributed by atoms with E-state index >= 15 is 0 Å². The highest BCUT2D eigenvalue weighted by molar-refractivity contribution is 5.77. The lowest BCUT2D eigenvalue weighted by Gasteiger charge is -2.23. The molecule has 2 heterocycles. The van der Waals surface area contributed by atoms with Gasteiger partial charge in [-0.05, 0) is 19.5 Å². The van der Waals surface area contributed by atoms with Crippen LogP contribution in [0.1, 0.15) is 12.2 Å². The first-order chi connectivity index (χ1) is 9.16. The Morgan fingerprint density at radius 1 is 1.47 bits per heavy atom. The van der Waals surface area contributed by atoms with Crippen LogP contribution in [0.15, 0.2) is 12.4 Å². The number of nitrogens with one attached hydrogen (secondary N) is 1. The number of amides is 1. The Hall–Kier alpha value is -1.40. The Balaban J connectivity index is 1.83. The minimum atomic E-state index is 0.157. The van der Waals surface area contributed by atoms with Crippen molar-refractivity contribution in [3.05, 3.63) is 18.2 Å². The quantitative estimate of drug-likeness (QED) is 0.810. The molecule has 106 valence electrons. The van der Waals surface area contributed by atoms with Crippen molar-refractivity contribution in [2.75, 3.05) is 39.8 Å². The van der Waals surface area contributed by atoms with Gasteiger partial charge in [-0.15, -0.1) is 0 Å². The highest BCUT2D eigenvalue weighted by Crippen LogP contribution is 2.02. The summed E-state index contributed by atoms with van der Waals surface area (Å²) in [6.45, 7) is 5.03. The van der Waals surface area contributed by atoms with Gasteiger partial charge in [0.1, 0.15) is 5.82 Å². The van der Waals surface area contributed by atoms with Gasteiger partial charge in [0.25, 0.3) is 0 Å². The molecule has 0 aliphatic carbocycles. The third-order valence-electron chi connectivity index (χ3n) is 3.52. The van der Waals surface area contributed by atoms with Crippen LogP contribution in [0.5, 0.6) is 0 Å². The normalized spacial score (nSPS) is 17.2. The van der Waals surface area contributed by atoms with E-state index in [9.17, 15) is 4.79 Å². The minimum absolute atomic E-state index is 0.157. The van der Waals surface area contributed by atoms with E-state index in [4.69, 9.17) is 0 Å². The topological polar surface area (TPSA) is 53.4 Å². The zero-order valence-electron chi connectivity index (χ0n) is 11.8. The monoisotopic (exact) mass is 265 g/mol. The lowest BCUT2D eigenvalue weighted by Crippen LogP contribution is -2.39. The molecule has 0 saturated carbocycles. The van der Waals surface area contributed by atoms with Gasteiger partial charge in [-0.1, -0.05) is 0 Å². The maximum Gasteiger partial charge on any atom is 0.236 e. The lowest BCUT2D eigenvalue weighted by atomic mass is 10.3. The first kappa shape index (κ1) is 14.0. The lowest BCUT2D eigenvalue weighted by molar-refractivity contribution is -0.131. The van der Waals surface area contributed by atoms with Crippen molar-refractivity contribution < 1.29 is 4.79 Å². The molecular weight excluding hydrogens is 242 g/mol. The first-order valence-electron chi connectivity index (χ1n) is 6.80. The molecule has 6 nitrogen and oxygen atoms in total. The zero-order chi connectivity index (χ0) is 13.7. The second-order valence-electron chi connectivity index (χ2n) is 5.08. The fourth-order valence-corrected chi connectivity index (χ4v) is 2.22. The number of carbonyl (C=O) groups is 1. The molecule has 0 unspecified atom stereocenters. The smallest absolute Gasteiger partial charge is 0.236 e. The van der Waals surface area contributed by atoms with Crippen molar-refractivity contribution in [1.29, 1.82) is 0 Å². The summed E-state index contributed by atoms with van der Waals surface area (Å²) >= 11 is 0. The van der Waals surface area contributed by atoms with E-state index in [0.717, 1.165) is 38.4 Å². The largest absolute Gasteiger partial charge is 0.337 e. The van der Waals surface area contributed by atoms with Crippen LogP contribution >= 0.6 is 0 Å². The highest BCUT2D eigenvalue weighted by Gasteiger charge is 2.16. The van der Waals surface area contributed by atoms with Gasteiger partial charge in [-0.3, -0.25) is 9.69 Å². The number of rotatable bonds is 4. The molecule has 1 saturated heterocycles. The molecule has 2 rings (SSSR count). The Labute approximate surface area is 114 Å². The SMILES string of the molecule is CN(Cc1nccn1C)C(=O)CN1CCCNCC1. The third-order valence-corrected chi connectivity index (χ3v) is 3.52. The van der Waals surface area contributed by atoms with E-state index in [1.54, 1.807) is 11.1 Å². The maximum atomic E-state index is 12.2. The molecule has 1 aliphatic rings. The van der Waals surface area contributed by atoms with Crippen LogP contribution in [0.3, 0.4) is 0 Å². The molecule has 1 amide bonds. The predicted molar refractivity (Wildman–Crippen MR) is 73.6 cm³/mol. The fraction of sp³-hybridized carbons (Fsp3) is 0.692. The van der Waals surface area contributed by atoms with E-state index in [2.05, 4.69) is 15.2 Å². The number of aryl methyl sites for hydroxylation is 1. The number of hydrogen-bond donors (Lipinski definition) is 1. The van der Waals surface area contributed by atoms with Crippen LogP contribution in [0.4, 0.5) is 0 Å². The van der Waals surface area contributed by atoms with E-state index in [-0.39, 0.29) is 5.91 Å². The van der Waals surface area contributed by atoms with Gasteiger partial charge < -0.3 is 14.8 Å². The summed E-state index contributed by atoms with van der Waals surface area (Å²) in [6.07, 6.45) is 4.76. The Morgan fingerprint density at radius 3 is 3.05 bits per heavy atom. The molecular formula is C13H23N5O. The molecule has 1 fully saturated rings. The average molecular weight is 265 g/mol. The Bertz CT molecular complexity index is 409. The number of carbonyl (C=O) groups excluding carboxylic acids is 1. The van der Waals surface area contributed by atoms with Crippen LogP contribution in [-0.4, -0.2) is 65.0 Å². The summed E-state index contributed by atoms with van der Waals surface area (Å²) < 4.78 is 1.94. The molecule has 0 spiro atoms. The van der Waals surface area contributed by atoms with Gasteiger partial charge >= 0.3 is 0 Å². The van der Waals surface area contributed by atoms with Crippen LogP contribution in [0.25, 0.3) is 0 Å². The number of imidazole rings is 1. The van der Waals surface area contributed by atoms with E-state index in [0.29, 0.717) is 13.1 Å². The van der Waals surface area contributed by atoms with Crippen LogP contribution in [-0.2, 0) is 18.4 Å². The van der Waals surface area contributed by atoms with E-state index in [1.807, 2.05) is 24.9 Å². The number of aromatic nitrogens is 2. The highest BCUT2D eigenvalue weighted by atomic mass is 16.2. The second kappa shape index (κ2) is 6.68. The van der Waals surface area contributed by atoms with Crippen LogP contribution in [0.2, 0.25) is 0 Å². The molecule has 1 aromatic heterocycles. The summed E-state index contributed by atoms with van der Waals surface area (Å²) in [5.41, 5.74) is 0. The van der Waals surface area contributed by atoms with Crippen molar-refractivity contribution in [2.24, 2.45) is 7.05 Å². The standard InChI is InChI=1S/C13H23N5O/c1-16-8-6-15-12(16)10-17(2)13(19)11-18-7-3-4-14-5-9-18/h6,8,14H,3-5,7,9-11H2,1-2H3. The summed E-state index contributed by atoms with van der Waals surface area (Å²) in [4.78, 5) is 20.4. The molecule has 0 aromatic carbocycles. The Morgan fingerprint density at radius 2 is 2.32 bits per heavy atom. The van der Waals surface area contributed by atoms with E-state index < -0.39 is 0 Å². The molecule has 0 radical (unpaired) electrons. The van der Waals surface area contributed by atoms with Gasteiger partial charge in [0.2, 0.25) is 5.91 Å². The first-order valence-corrected chi connectivity index (χ1v) is 6.80. The predicted octanol–water partition coefficient (Wildman–Crippen LogP) is -0.326. The van der Waals surface area contributed by atoms with Crippen molar-refractivity contribution >= 4 is 5.91 Å². The van der Waals surface area contributed by atoms with Gasteiger partial charge in [-0.25, -0.2) is 4.98 Å². The molecule has 1 aromatic rings. The molecule has 19 heavy (non-hydrogen) atoms.